The standard InChI is InChI=1S/C12H12O2/c1-9-2-4-10(5-3-9)8-11-6-7-14-12(11)13/h2-5,8H,6-7H2,1H3/b11-8-. The van der Waals surface area contributed by atoms with Crippen molar-refractivity contribution < 1.29 is 9.53 Å². The van der Waals surface area contributed by atoms with Gasteiger partial charge in [0.25, 0.3) is 0 Å². The predicted octanol–water partition coefficient (Wildman–Crippen LogP) is 2.33. The minimum Gasteiger partial charge on any atom is -0.462 e. The molecule has 2 rings (SSSR count). The number of hydrogen-bond donors (Lipinski definition) is 0. The fourth-order valence-electron chi connectivity index (χ4n) is 1.44. The lowest BCUT2D eigenvalue weighted by Crippen LogP contribution is -1.94. The van der Waals surface area contributed by atoms with Crippen LogP contribution in [0.3, 0.4) is 0 Å². The maximum absolute atomic E-state index is 11.2. The Kier molecular flexibility index (Phi) is 2.35. The Morgan fingerprint density at radius 3 is 2.57 bits per heavy atom. The van der Waals surface area contributed by atoms with Crippen molar-refractivity contribution in [3.05, 3.63) is 41.0 Å². The van der Waals surface area contributed by atoms with Crippen molar-refractivity contribution in [2.24, 2.45) is 0 Å². The van der Waals surface area contributed by atoms with E-state index in [0.29, 0.717) is 6.61 Å². The summed E-state index contributed by atoms with van der Waals surface area (Å²) in [6, 6.07) is 8.08. The molecule has 0 amide bonds. The third-order valence-electron chi connectivity index (χ3n) is 2.28. The van der Waals surface area contributed by atoms with Crippen LogP contribution in [-0.4, -0.2) is 12.6 Å². The van der Waals surface area contributed by atoms with E-state index >= 15 is 0 Å². The van der Waals surface area contributed by atoms with Gasteiger partial charge in [0, 0.05) is 12.0 Å². The third-order valence-corrected chi connectivity index (χ3v) is 2.28. The molecule has 0 aromatic heterocycles. The molecule has 1 fully saturated rings. The van der Waals surface area contributed by atoms with Crippen molar-refractivity contribution in [2.75, 3.05) is 6.61 Å². The molecule has 0 saturated carbocycles. The van der Waals surface area contributed by atoms with Gasteiger partial charge in [-0.1, -0.05) is 29.8 Å². The van der Waals surface area contributed by atoms with Crippen LogP contribution in [0.1, 0.15) is 17.5 Å². The largest absolute Gasteiger partial charge is 0.462 e. The van der Waals surface area contributed by atoms with E-state index in [2.05, 4.69) is 0 Å². The van der Waals surface area contributed by atoms with Gasteiger partial charge in [-0.3, -0.25) is 0 Å². The Morgan fingerprint density at radius 2 is 2.00 bits per heavy atom. The summed E-state index contributed by atoms with van der Waals surface area (Å²) in [5.74, 6) is -0.175. The zero-order chi connectivity index (χ0) is 9.97. The maximum atomic E-state index is 11.2. The van der Waals surface area contributed by atoms with Crippen molar-refractivity contribution in [1.29, 1.82) is 0 Å². The molecule has 0 aliphatic carbocycles. The minimum atomic E-state index is -0.175. The Balaban J connectivity index is 2.24. The summed E-state index contributed by atoms with van der Waals surface area (Å²) in [4.78, 5) is 11.2. The van der Waals surface area contributed by atoms with E-state index in [0.717, 1.165) is 17.6 Å². The van der Waals surface area contributed by atoms with Crippen LogP contribution in [0.25, 0.3) is 6.08 Å². The van der Waals surface area contributed by atoms with Crippen LogP contribution in [-0.2, 0) is 9.53 Å². The number of aryl methyl sites for hydroxylation is 1. The number of benzene rings is 1. The number of rotatable bonds is 1. The second-order valence-electron chi connectivity index (χ2n) is 3.47. The van der Waals surface area contributed by atoms with Crippen LogP contribution in [0.5, 0.6) is 0 Å². The summed E-state index contributed by atoms with van der Waals surface area (Å²) in [6.07, 6.45) is 2.63. The first-order valence-corrected chi connectivity index (χ1v) is 4.70. The van der Waals surface area contributed by atoms with Crippen molar-refractivity contribution in [2.45, 2.75) is 13.3 Å². The van der Waals surface area contributed by atoms with Crippen molar-refractivity contribution in [1.82, 2.24) is 0 Å². The van der Waals surface area contributed by atoms with Gasteiger partial charge in [-0.05, 0) is 18.6 Å². The van der Waals surface area contributed by atoms with Gasteiger partial charge in [-0.15, -0.1) is 0 Å². The van der Waals surface area contributed by atoms with Crippen LogP contribution in [0.15, 0.2) is 29.8 Å². The summed E-state index contributed by atoms with van der Waals surface area (Å²) in [5, 5.41) is 0. The second kappa shape index (κ2) is 3.66. The van der Waals surface area contributed by atoms with Gasteiger partial charge in [0.05, 0.1) is 6.61 Å². The molecular weight excluding hydrogens is 176 g/mol. The summed E-state index contributed by atoms with van der Waals surface area (Å²) in [5.41, 5.74) is 3.06. The van der Waals surface area contributed by atoms with Gasteiger partial charge in [0.2, 0.25) is 0 Å². The molecule has 1 aliphatic heterocycles. The van der Waals surface area contributed by atoms with E-state index in [1.807, 2.05) is 37.3 Å². The van der Waals surface area contributed by atoms with Crippen LogP contribution in [0.4, 0.5) is 0 Å². The number of cyclic esters (lactones) is 1. The zero-order valence-corrected chi connectivity index (χ0v) is 8.12. The van der Waals surface area contributed by atoms with Crippen LogP contribution < -0.4 is 0 Å². The molecule has 1 heterocycles. The van der Waals surface area contributed by atoms with Gasteiger partial charge in [0.15, 0.2) is 0 Å². The Labute approximate surface area is 83.2 Å². The molecule has 1 aromatic rings. The molecule has 1 aliphatic rings. The fourth-order valence-corrected chi connectivity index (χ4v) is 1.44. The molecule has 2 nitrogen and oxygen atoms in total. The highest BCUT2D eigenvalue weighted by molar-refractivity contribution is 5.95. The molecule has 0 radical (unpaired) electrons. The smallest absolute Gasteiger partial charge is 0.334 e. The molecule has 0 spiro atoms. The second-order valence-corrected chi connectivity index (χ2v) is 3.47. The lowest BCUT2D eigenvalue weighted by atomic mass is 10.1. The SMILES string of the molecule is Cc1ccc(/C=C2/CCOC2=O)cc1. The highest BCUT2D eigenvalue weighted by atomic mass is 16.5. The van der Waals surface area contributed by atoms with Gasteiger partial charge >= 0.3 is 5.97 Å². The lowest BCUT2D eigenvalue weighted by molar-refractivity contribution is -0.134. The molecule has 2 heteroatoms. The highest BCUT2D eigenvalue weighted by Gasteiger charge is 2.17. The number of carbonyl (C=O) groups excluding carboxylic acids is 1. The van der Waals surface area contributed by atoms with Crippen molar-refractivity contribution >= 4 is 12.0 Å². The molecule has 0 atom stereocenters. The quantitative estimate of drug-likeness (QED) is 0.499. The van der Waals surface area contributed by atoms with E-state index in [4.69, 9.17) is 4.74 Å². The van der Waals surface area contributed by atoms with Crippen LogP contribution >= 0.6 is 0 Å². The fraction of sp³-hybridized carbons (Fsp3) is 0.250. The van der Waals surface area contributed by atoms with E-state index < -0.39 is 0 Å². The average molecular weight is 188 g/mol. The average Bonchev–Trinajstić information content (AvgIpc) is 2.56. The monoisotopic (exact) mass is 188 g/mol. The Morgan fingerprint density at radius 1 is 1.29 bits per heavy atom. The Hall–Kier alpha value is -1.57. The number of carbonyl (C=O) groups is 1. The first kappa shape index (κ1) is 9.00. The molecule has 1 aromatic carbocycles. The molecule has 0 N–H and O–H groups in total. The summed E-state index contributed by atoms with van der Waals surface area (Å²) >= 11 is 0. The van der Waals surface area contributed by atoms with Crippen molar-refractivity contribution in [3.8, 4) is 0 Å². The number of hydrogen-bond acceptors (Lipinski definition) is 2. The van der Waals surface area contributed by atoms with Gasteiger partial charge in [-0.25, -0.2) is 4.79 Å². The molecule has 14 heavy (non-hydrogen) atoms. The minimum absolute atomic E-state index is 0.175. The molecule has 1 saturated heterocycles. The maximum Gasteiger partial charge on any atom is 0.334 e. The van der Waals surface area contributed by atoms with E-state index in [-0.39, 0.29) is 5.97 Å². The predicted molar refractivity (Wildman–Crippen MR) is 54.7 cm³/mol. The molecule has 72 valence electrons. The number of ether oxygens (including phenoxy) is 1. The van der Waals surface area contributed by atoms with Gasteiger partial charge in [-0.2, -0.15) is 0 Å². The third kappa shape index (κ3) is 1.84. The van der Waals surface area contributed by atoms with Crippen LogP contribution in [0.2, 0.25) is 0 Å². The first-order chi connectivity index (χ1) is 6.75. The summed E-state index contributed by atoms with van der Waals surface area (Å²) in [6.45, 7) is 2.57. The Bertz CT molecular complexity index is 374. The normalized spacial score (nSPS) is 18.6. The summed E-state index contributed by atoms with van der Waals surface area (Å²) < 4.78 is 4.85. The highest BCUT2D eigenvalue weighted by Crippen LogP contribution is 2.17. The number of esters is 1. The molecule has 0 unspecified atom stereocenters. The zero-order valence-electron chi connectivity index (χ0n) is 8.12. The molecular formula is C12H12O2. The summed E-state index contributed by atoms with van der Waals surface area (Å²) in [7, 11) is 0. The van der Waals surface area contributed by atoms with Crippen LogP contribution in [0, 0.1) is 6.92 Å². The lowest BCUT2D eigenvalue weighted by Gasteiger charge is -1.96. The first-order valence-electron chi connectivity index (χ1n) is 4.70. The van der Waals surface area contributed by atoms with Gasteiger partial charge < -0.3 is 4.74 Å². The van der Waals surface area contributed by atoms with Gasteiger partial charge in [0.1, 0.15) is 0 Å². The van der Waals surface area contributed by atoms with E-state index in [1.165, 1.54) is 5.56 Å². The van der Waals surface area contributed by atoms with Crippen molar-refractivity contribution in [3.63, 3.8) is 0 Å². The topological polar surface area (TPSA) is 26.3 Å². The van der Waals surface area contributed by atoms with E-state index in [1.54, 1.807) is 0 Å². The molecule has 0 bridgehead atoms. The van der Waals surface area contributed by atoms with E-state index in [9.17, 15) is 4.79 Å².